The Morgan fingerprint density at radius 3 is 2.43 bits per heavy atom. The number of carbonyl (C=O) groups is 2. The van der Waals surface area contributed by atoms with Crippen molar-refractivity contribution in [1.29, 1.82) is 0 Å². The van der Waals surface area contributed by atoms with E-state index in [1.807, 2.05) is 30.3 Å². The van der Waals surface area contributed by atoms with Gasteiger partial charge >= 0.3 is 0 Å². The van der Waals surface area contributed by atoms with Crippen molar-refractivity contribution in [3.8, 4) is 0 Å². The van der Waals surface area contributed by atoms with Crippen LogP contribution in [-0.4, -0.2) is 27.4 Å². The summed E-state index contributed by atoms with van der Waals surface area (Å²) in [7, 11) is 0. The van der Waals surface area contributed by atoms with E-state index in [0.717, 1.165) is 37.2 Å². The Hall–Kier alpha value is -2.77. The lowest BCUT2D eigenvalue weighted by Crippen LogP contribution is -2.46. The molecular weight excluding hydrogens is 420 g/mol. The van der Waals surface area contributed by atoms with Crippen LogP contribution in [0.4, 0.5) is 5.69 Å². The van der Waals surface area contributed by atoms with Crippen molar-refractivity contribution in [2.75, 3.05) is 4.90 Å². The molecular formula is C22H21ClN4O2S. The summed E-state index contributed by atoms with van der Waals surface area (Å²) in [5.41, 5.74) is 1.33. The Morgan fingerprint density at radius 1 is 1.07 bits per heavy atom. The van der Waals surface area contributed by atoms with Gasteiger partial charge in [-0.2, -0.15) is 0 Å². The molecule has 1 fully saturated rings. The third-order valence-corrected chi connectivity index (χ3v) is 6.06. The van der Waals surface area contributed by atoms with Crippen LogP contribution in [0, 0.1) is 0 Å². The lowest BCUT2D eigenvalue weighted by Gasteiger charge is -2.32. The molecule has 1 atom stereocenters. The molecule has 30 heavy (non-hydrogen) atoms. The van der Waals surface area contributed by atoms with Gasteiger partial charge in [-0.1, -0.05) is 71.4 Å². The highest BCUT2D eigenvalue weighted by Crippen LogP contribution is 2.34. The van der Waals surface area contributed by atoms with Crippen LogP contribution in [0.2, 0.25) is 5.02 Å². The first-order chi connectivity index (χ1) is 14.6. The molecule has 8 heteroatoms. The smallest absolute Gasteiger partial charge is 0.280 e. The molecule has 0 spiro atoms. The molecule has 154 valence electrons. The number of halogens is 1. The Kier molecular flexibility index (Phi) is 6.40. The molecule has 1 N–H and O–H groups in total. The number of nitrogens with zero attached hydrogens (tertiary/aromatic N) is 3. The fourth-order valence-electron chi connectivity index (χ4n) is 3.80. The van der Waals surface area contributed by atoms with Gasteiger partial charge in [-0.15, -0.1) is 5.10 Å². The Balaban J connectivity index is 1.80. The first-order valence-corrected chi connectivity index (χ1v) is 11.1. The molecule has 1 saturated carbocycles. The van der Waals surface area contributed by atoms with Gasteiger partial charge in [0, 0.05) is 11.4 Å². The highest BCUT2D eigenvalue weighted by molar-refractivity contribution is 7.03. The van der Waals surface area contributed by atoms with E-state index < -0.39 is 11.9 Å². The number of nitrogens with one attached hydrogen (secondary N) is 1. The maximum absolute atomic E-state index is 13.5. The Bertz CT molecular complexity index is 1010. The van der Waals surface area contributed by atoms with Crippen LogP contribution in [0.3, 0.4) is 0 Å². The highest BCUT2D eigenvalue weighted by Gasteiger charge is 2.36. The second-order valence-corrected chi connectivity index (χ2v) is 8.24. The number of benzene rings is 2. The summed E-state index contributed by atoms with van der Waals surface area (Å²) in [6, 6.07) is 15.5. The molecule has 2 aromatic carbocycles. The minimum atomic E-state index is -0.888. The third-order valence-electron chi connectivity index (χ3n) is 5.23. The van der Waals surface area contributed by atoms with Crippen molar-refractivity contribution >= 4 is 40.6 Å². The lowest BCUT2D eigenvalue weighted by molar-refractivity contribution is -0.123. The van der Waals surface area contributed by atoms with E-state index in [9.17, 15) is 9.59 Å². The number of para-hydroxylation sites is 1. The van der Waals surface area contributed by atoms with E-state index in [1.165, 1.54) is 4.90 Å². The minimum Gasteiger partial charge on any atom is -0.351 e. The van der Waals surface area contributed by atoms with E-state index >= 15 is 0 Å². The van der Waals surface area contributed by atoms with Crippen molar-refractivity contribution in [2.24, 2.45) is 0 Å². The first kappa shape index (κ1) is 20.5. The summed E-state index contributed by atoms with van der Waals surface area (Å²) in [5, 5.41) is 9.02. The van der Waals surface area contributed by atoms with Crippen LogP contribution in [0.15, 0.2) is 60.0 Å². The van der Waals surface area contributed by atoms with Crippen molar-refractivity contribution < 1.29 is 9.59 Å². The summed E-state index contributed by atoms with van der Waals surface area (Å²) >= 11 is 7.56. The van der Waals surface area contributed by atoms with E-state index in [4.69, 9.17) is 11.6 Å². The standard InChI is InChI=1S/C22H21ClN4O2S/c23-17-12-6-7-13-19(17)27(22(29)18-14-30-26-25-18)20(15-8-2-1-3-9-15)21(28)24-16-10-4-5-11-16/h1-3,6-9,12-14,16,20H,4-5,10-11H2,(H,24,28). The maximum Gasteiger partial charge on any atom is 0.280 e. The number of rotatable bonds is 6. The predicted molar refractivity (Wildman–Crippen MR) is 118 cm³/mol. The normalized spacial score (nSPS) is 15.0. The number of amides is 2. The molecule has 0 saturated heterocycles. The van der Waals surface area contributed by atoms with Gasteiger partial charge in [-0.3, -0.25) is 14.5 Å². The molecule has 1 aromatic heterocycles. The van der Waals surface area contributed by atoms with E-state index in [2.05, 4.69) is 14.9 Å². The SMILES string of the molecule is O=C(NC1CCCC1)C(c1ccccc1)N(C(=O)c1csnn1)c1ccccc1Cl. The largest absolute Gasteiger partial charge is 0.351 e. The number of anilines is 1. The Labute approximate surface area is 184 Å². The zero-order valence-electron chi connectivity index (χ0n) is 16.2. The predicted octanol–water partition coefficient (Wildman–Crippen LogP) is 4.64. The molecule has 0 aliphatic heterocycles. The van der Waals surface area contributed by atoms with Crippen molar-refractivity contribution in [3.63, 3.8) is 0 Å². The molecule has 0 radical (unpaired) electrons. The molecule has 6 nitrogen and oxygen atoms in total. The van der Waals surface area contributed by atoms with Crippen LogP contribution >= 0.6 is 23.1 Å². The van der Waals surface area contributed by atoms with Gasteiger partial charge in [0.1, 0.15) is 6.04 Å². The molecule has 0 bridgehead atoms. The number of hydrogen-bond acceptors (Lipinski definition) is 5. The van der Waals surface area contributed by atoms with Crippen LogP contribution in [0.1, 0.15) is 47.8 Å². The average Bonchev–Trinajstić information content (AvgIpc) is 3.47. The van der Waals surface area contributed by atoms with Gasteiger partial charge in [0.25, 0.3) is 5.91 Å². The number of hydrogen-bond donors (Lipinski definition) is 1. The second kappa shape index (κ2) is 9.36. The van der Waals surface area contributed by atoms with Crippen LogP contribution < -0.4 is 10.2 Å². The second-order valence-electron chi connectivity index (χ2n) is 7.22. The molecule has 3 aromatic rings. The zero-order chi connectivity index (χ0) is 20.9. The quantitative estimate of drug-likeness (QED) is 0.606. The minimum absolute atomic E-state index is 0.118. The third kappa shape index (κ3) is 4.37. The van der Waals surface area contributed by atoms with Gasteiger partial charge in [0.15, 0.2) is 5.69 Å². The van der Waals surface area contributed by atoms with Gasteiger partial charge in [-0.05, 0) is 42.1 Å². The molecule has 4 rings (SSSR count). The fraction of sp³-hybridized carbons (Fsp3) is 0.273. The lowest BCUT2D eigenvalue weighted by atomic mass is 10.0. The zero-order valence-corrected chi connectivity index (χ0v) is 17.8. The summed E-state index contributed by atoms with van der Waals surface area (Å²) in [4.78, 5) is 28.5. The van der Waals surface area contributed by atoms with E-state index in [1.54, 1.807) is 29.6 Å². The molecule has 1 unspecified atom stereocenters. The van der Waals surface area contributed by atoms with Gasteiger partial charge in [0.2, 0.25) is 5.91 Å². The summed E-state index contributed by atoms with van der Waals surface area (Å²) in [6.45, 7) is 0. The number of carbonyl (C=O) groups excluding carboxylic acids is 2. The first-order valence-electron chi connectivity index (χ1n) is 9.85. The summed E-state index contributed by atoms with van der Waals surface area (Å²) in [5.74, 6) is -0.656. The van der Waals surface area contributed by atoms with Gasteiger partial charge in [0.05, 0.1) is 10.7 Å². The Morgan fingerprint density at radius 2 is 1.77 bits per heavy atom. The fourth-order valence-corrected chi connectivity index (χ4v) is 4.45. The van der Waals surface area contributed by atoms with Crippen molar-refractivity contribution in [2.45, 2.75) is 37.8 Å². The summed E-state index contributed by atoms with van der Waals surface area (Å²) in [6.07, 6.45) is 4.09. The van der Waals surface area contributed by atoms with Crippen LogP contribution in [0.5, 0.6) is 0 Å². The average molecular weight is 441 g/mol. The van der Waals surface area contributed by atoms with Crippen LogP contribution in [0.25, 0.3) is 0 Å². The van der Waals surface area contributed by atoms with Gasteiger partial charge in [-0.25, -0.2) is 0 Å². The molecule has 1 aliphatic carbocycles. The number of aromatic nitrogens is 2. The van der Waals surface area contributed by atoms with Crippen molar-refractivity contribution in [1.82, 2.24) is 14.9 Å². The van der Waals surface area contributed by atoms with E-state index in [0.29, 0.717) is 16.3 Å². The maximum atomic E-state index is 13.5. The molecule has 1 heterocycles. The molecule has 2 amide bonds. The summed E-state index contributed by atoms with van der Waals surface area (Å²) < 4.78 is 3.81. The highest BCUT2D eigenvalue weighted by atomic mass is 35.5. The monoisotopic (exact) mass is 440 g/mol. The van der Waals surface area contributed by atoms with Gasteiger partial charge < -0.3 is 5.32 Å². The van der Waals surface area contributed by atoms with E-state index in [-0.39, 0.29) is 17.6 Å². The van der Waals surface area contributed by atoms with Crippen molar-refractivity contribution in [3.05, 3.63) is 76.3 Å². The van der Waals surface area contributed by atoms with Crippen LogP contribution in [-0.2, 0) is 4.79 Å². The molecule has 1 aliphatic rings. The topological polar surface area (TPSA) is 75.2 Å².